The van der Waals surface area contributed by atoms with Gasteiger partial charge >= 0.3 is 12.4 Å². The van der Waals surface area contributed by atoms with Gasteiger partial charge in [0.15, 0.2) is 5.82 Å². The highest BCUT2D eigenvalue weighted by molar-refractivity contribution is 6.00. The third kappa shape index (κ3) is 8.39. The van der Waals surface area contributed by atoms with E-state index in [1.165, 1.54) is 18.3 Å². The molecule has 12 heteroatoms. The first kappa shape index (κ1) is 27.3. The number of imidazole rings is 1. The lowest BCUT2D eigenvalue weighted by Gasteiger charge is -2.16. The molecule has 0 saturated carbocycles. The molecule has 0 aliphatic carbocycles. The zero-order chi connectivity index (χ0) is 27.0. The Morgan fingerprint density at radius 3 is 2.35 bits per heavy atom. The first-order valence-corrected chi connectivity index (χ1v) is 11.1. The van der Waals surface area contributed by atoms with Gasteiger partial charge in [0, 0.05) is 18.4 Å². The second-order valence-corrected chi connectivity index (χ2v) is 8.15. The molecular weight excluding hydrogens is 491 g/mol. The molecule has 0 bridgehead atoms. The van der Waals surface area contributed by atoms with Gasteiger partial charge in [0.2, 0.25) is 5.82 Å². The van der Waals surface area contributed by atoms with Crippen molar-refractivity contribution in [1.82, 2.24) is 14.9 Å². The number of nitrogens with zero attached hydrogens (tertiary/aromatic N) is 2. The molecule has 37 heavy (non-hydrogen) atoms. The van der Waals surface area contributed by atoms with E-state index in [9.17, 15) is 27.9 Å². The van der Waals surface area contributed by atoms with Crippen LogP contribution in [0.4, 0.5) is 29.5 Å². The third-order valence-electron chi connectivity index (χ3n) is 4.95. The van der Waals surface area contributed by atoms with E-state index in [1.807, 2.05) is 26.0 Å². The minimum Gasteiger partial charge on any atom is -0.406 e. The average molecular weight is 518 g/mol. The molecule has 0 spiro atoms. The Morgan fingerprint density at radius 1 is 1.08 bits per heavy atom. The Bertz CT molecular complexity index is 1240. The van der Waals surface area contributed by atoms with Gasteiger partial charge in [-0.2, -0.15) is 0 Å². The summed E-state index contributed by atoms with van der Waals surface area (Å²) in [6, 6.07) is 12.2. The monoisotopic (exact) mass is 517 g/mol. The number of carbonyl (C=O) groups excluding carboxylic acids is 2. The van der Waals surface area contributed by atoms with Gasteiger partial charge in [-0.25, -0.2) is 9.78 Å². The summed E-state index contributed by atoms with van der Waals surface area (Å²) in [6.45, 7) is 3.76. The molecule has 0 aliphatic heterocycles. The number of halogens is 3. The number of urea groups is 1. The van der Waals surface area contributed by atoms with Crippen molar-refractivity contribution < 1.29 is 32.6 Å². The van der Waals surface area contributed by atoms with Crippen LogP contribution in [0, 0.1) is 0 Å². The van der Waals surface area contributed by atoms with Crippen LogP contribution < -0.4 is 20.7 Å². The van der Waals surface area contributed by atoms with E-state index in [1.54, 1.807) is 28.8 Å². The second-order valence-electron chi connectivity index (χ2n) is 8.15. The number of alkyl halides is 3. The Morgan fingerprint density at radius 2 is 1.76 bits per heavy atom. The molecule has 3 aromatic rings. The number of allylic oxidation sites excluding steroid dienone is 2. The molecule has 2 aromatic carbocycles. The van der Waals surface area contributed by atoms with Gasteiger partial charge in [0.1, 0.15) is 5.75 Å². The van der Waals surface area contributed by atoms with Crippen molar-refractivity contribution in [2.24, 2.45) is 0 Å². The SMILES string of the molecule is CC(C)=CCn1cc(NC(=O)Nc2ccc(OC(F)(F)F)cc2)nc1C(=O)N[C@@H](CO)c1ccccc1. The van der Waals surface area contributed by atoms with Gasteiger partial charge in [-0.05, 0) is 43.7 Å². The van der Waals surface area contributed by atoms with Crippen LogP contribution in [0.2, 0.25) is 0 Å². The van der Waals surface area contributed by atoms with Crippen LogP contribution in [0.5, 0.6) is 5.75 Å². The van der Waals surface area contributed by atoms with Gasteiger partial charge < -0.3 is 25.0 Å². The van der Waals surface area contributed by atoms with Crippen LogP contribution in [-0.2, 0) is 6.54 Å². The Hall–Kier alpha value is -4.32. The molecular formula is C25H26F3N5O4. The number of aliphatic hydroxyl groups is 1. The van der Waals surface area contributed by atoms with Crippen LogP contribution in [0.15, 0.2) is 72.4 Å². The lowest BCUT2D eigenvalue weighted by atomic mass is 10.1. The van der Waals surface area contributed by atoms with Crippen LogP contribution in [0.25, 0.3) is 0 Å². The number of nitrogens with one attached hydrogen (secondary N) is 3. The third-order valence-corrected chi connectivity index (χ3v) is 4.95. The molecule has 1 aromatic heterocycles. The maximum absolute atomic E-state index is 13.0. The second kappa shape index (κ2) is 12.1. The van der Waals surface area contributed by atoms with Crippen LogP contribution in [-0.4, -0.2) is 39.6 Å². The fourth-order valence-electron chi connectivity index (χ4n) is 3.24. The summed E-state index contributed by atoms with van der Waals surface area (Å²) >= 11 is 0. The molecule has 0 radical (unpaired) electrons. The topological polar surface area (TPSA) is 118 Å². The lowest BCUT2D eigenvalue weighted by molar-refractivity contribution is -0.274. The first-order valence-electron chi connectivity index (χ1n) is 11.1. The molecule has 9 nitrogen and oxygen atoms in total. The summed E-state index contributed by atoms with van der Waals surface area (Å²) in [5.74, 6) is -0.902. The van der Waals surface area contributed by atoms with E-state index in [4.69, 9.17) is 0 Å². The quantitative estimate of drug-likeness (QED) is 0.303. The molecule has 3 amide bonds. The van der Waals surface area contributed by atoms with Crippen molar-refractivity contribution in [1.29, 1.82) is 0 Å². The predicted molar refractivity (Wildman–Crippen MR) is 131 cm³/mol. The number of hydrogen-bond acceptors (Lipinski definition) is 5. The van der Waals surface area contributed by atoms with E-state index in [0.717, 1.165) is 17.7 Å². The van der Waals surface area contributed by atoms with Gasteiger partial charge in [-0.3, -0.25) is 10.1 Å². The van der Waals surface area contributed by atoms with E-state index < -0.39 is 30.1 Å². The number of rotatable bonds is 9. The summed E-state index contributed by atoms with van der Waals surface area (Å²) < 4.78 is 42.3. The van der Waals surface area contributed by atoms with Gasteiger partial charge in [-0.1, -0.05) is 42.0 Å². The molecule has 0 unspecified atom stereocenters. The zero-order valence-corrected chi connectivity index (χ0v) is 20.0. The van der Waals surface area contributed by atoms with Crippen molar-refractivity contribution in [2.75, 3.05) is 17.2 Å². The summed E-state index contributed by atoms with van der Waals surface area (Å²) in [4.78, 5) is 29.7. The molecule has 0 fully saturated rings. The molecule has 1 heterocycles. The smallest absolute Gasteiger partial charge is 0.406 e. The fraction of sp³-hybridized carbons (Fsp3) is 0.240. The zero-order valence-electron chi connectivity index (χ0n) is 20.0. The average Bonchev–Trinajstić information content (AvgIpc) is 3.24. The predicted octanol–water partition coefficient (Wildman–Crippen LogP) is 4.86. The van der Waals surface area contributed by atoms with Gasteiger partial charge in [-0.15, -0.1) is 13.2 Å². The Balaban J connectivity index is 1.73. The van der Waals surface area contributed by atoms with E-state index >= 15 is 0 Å². The lowest BCUT2D eigenvalue weighted by Crippen LogP contribution is -2.32. The first-order chi connectivity index (χ1) is 17.5. The Kier molecular flexibility index (Phi) is 8.90. The number of benzene rings is 2. The number of carbonyl (C=O) groups is 2. The van der Waals surface area contributed by atoms with Gasteiger partial charge in [0.25, 0.3) is 5.91 Å². The van der Waals surface area contributed by atoms with E-state index in [0.29, 0.717) is 12.1 Å². The van der Waals surface area contributed by atoms with Crippen LogP contribution in [0.1, 0.15) is 36.1 Å². The van der Waals surface area contributed by atoms with Gasteiger partial charge in [0.05, 0.1) is 12.6 Å². The number of anilines is 2. The summed E-state index contributed by atoms with van der Waals surface area (Å²) in [5, 5.41) is 17.5. The van der Waals surface area contributed by atoms with Crippen molar-refractivity contribution in [3.8, 4) is 5.75 Å². The molecule has 0 saturated heterocycles. The van der Waals surface area contributed by atoms with Crippen molar-refractivity contribution >= 4 is 23.4 Å². The maximum Gasteiger partial charge on any atom is 0.573 e. The van der Waals surface area contributed by atoms with E-state index in [-0.39, 0.29) is 23.9 Å². The molecule has 4 N–H and O–H groups in total. The molecule has 196 valence electrons. The Labute approximate surface area is 211 Å². The summed E-state index contributed by atoms with van der Waals surface area (Å²) in [7, 11) is 0. The number of ether oxygens (including phenoxy) is 1. The fourth-order valence-corrected chi connectivity index (χ4v) is 3.24. The van der Waals surface area contributed by atoms with Crippen molar-refractivity contribution in [2.45, 2.75) is 32.8 Å². The number of aromatic nitrogens is 2. The highest BCUT2D eigenvalue weighted by atomic mass is 19.4. The number of amides is 3. The number of hydrogen-bond donors (Lipinski definition) is 4. The molecule has 0 aliphatic rings. The molecule has 1 atom stereocenters. The van der Waals surface area contributed by atoms with E-state index in [2.05, 4.69) is 25.7 Å². The van der Waals surface area contributed by atoms with Crippen LogP contribution >= 0.6 is 0 Å². The highest BCUT2D eigenvalue weighted by Crippen LogP contribution is 2.24. The van der Waals surface area contributed by atoms with Crippen molar-refractivity contribution in [3.63, 3.8) is 0 Å². The minimum atomic E-state index is -4.82. The highest BCUT2D eigenvalue weighted by Gasteiger charge is 2.31. The standard InChI is InChI=1S/C25H26F3N5O4/c1-16(2)12-13-33-14-21(31-22(33)23(35)30-20(15-34)17-6-4-3-5-7-17)32-24(36)29-18-8-10-19(11-9-18)37-25(26,27)28/h3-12,14,20,34H,13,15H2,1-2H3,(H,30,35)(H2,29,32,36)/t20-/m0/s1. The normalized spacial score (nSPS) is 11.8. The van der Waals surface area contributed by atoms with Crippen molar-refractivity contribution in [3.05, 3.63) is 83.8 Å². The summed E-state index contributed by atoms with van der Waals surface area (Å²) in [5.41, 5.74) is 1.93. The summed E-state index contributed by atoms with van der Waals surface area (Å²) in [6.07, 6.45) is -1.47. The number of aliphatic hydroxyl groups excluding tert-OH is 1. The minimum absolute atomic E-state index is 0.0100. The maximum atomic E-state index is 13.0. The largest absolute Gasteiger partial charge is 0.573 e. The van der Waals surface area contributed by atoms with Crippen LogP contribution in [0.3, 0.4) is 0 Å². The molecule has 3 rings (SSSR count).